The van der Waals surface area contributed by atoms with Crippen molar-refractivity contribution in [3.05, 3.63) is 88.7 Å². The van der Waals surface area contributed by atoms with Gasteiger partial charge in [-0.15, -0.1) is 0 Å². The number of hydrogen-bond acceptors (Lipinski definition) is 5. The number of halogens is 1. The number of carbonyl (C=O) groups excluding carboxylic acids is 1. The van der Waals surface area contributed by atoms with Gasteiger partial charge in [-0.1, -0.05) is 54.6 Å². The summed E-state index contributed by atoms with van der Waals surface area (Å²) >= 11 is 0. The van der Waals surface area contributed by atoms with Crippen molar-refractivity contribution in [2.24, 2.45) is 0 Å². The highest BCUT2D eigenvalue weighted by Gasteiger charge is 2.29. The molecule has 6 nitrogen and oxygen atoms in total. The molecule has 0 saturated heterocycles. The van der Waals surface area contributed by atoms with E-state index in [2.05, 4.69) is 5.32 Å². The van der Waals surface area contributed by atoms with Crippen LogP contribution in [0.1, 0.15) is 34.3 Å². The van der Waals surface area contributed by atoms with Crippen LogP contribution in [-0.2, 0) is 4.74 Å². The Morgan fingerprint density at radius 2 is 1.66 bits per heavy atom. The van der Waals surface area contributed by atoms with Gasteiger partial charge in [-0.25, -0.2) is 9.18 Å². The fourth-order valence-electron chi connectivity index (χ4n) is 4.11. The summed E-state index contributed by atoms with van der Waals surface area (Å²) in [4.78, 5) is 12.2. The Kier molecular flexibility index (Phi) is 6.12. The number of benzene rings is 3. The van der Waals surface area contributed by atoms with Gasteiger partial charge in [-0.2, -0.15) is 0 Å². The SMILES string of the molecule is Cc1c(N)ccc(C(O)C(O)CNC(=O)OCC2c3ccccc3-c3ccccc32)c1F. The number of nitrogen functional groups attached to an aromatic ring is 1. The lowest BCUT2D eigenvalue weighted by molar-refractivity contribution is 0.0165. The van der Waals surface area contributed by atoms with Crippen LogP contribution >= 0.6 is 0 Å². The Morgan fingerprint density at radius 1 is 1.06 bits per heavy atom. The molecule has 32 heavy (non-hydrogen) atoms. The number of carbonyl (C=O) groups is 1. The van der Waals surface area contributed by atoms with Crippen LogP contribution < -0.4 is 11.1 Å². The normalized spacial score (nSPS) is 14.4. The van der Waals surface area contributed by atoms with Crippen molar-refractivity contribution in [3.8, 4) is 11.1 Å². The van der Waals surface area contributed by atoms with Gasteiger partial charge in [-0.3, -0.25) is 0 Å². The predicted molar refractivity (Wildman–Crippen MR) is 120 cm³/mol. The average molecular weight is 436 g/mol. The van der Waals surface area contributed by atoms with Crippen molar-refractivity contribution in [1.29, 1.82) is 0 Å². The molecule has 1 amide bonds. The lowest BCUT2D eigenvalue weighted by atomic mass is 9.98. The molecular weight excluding hydrogens is 411 g/mol. The maximum atomic E-state index is 14.3. The fourth-order valence-corrected chi connectivity index (χ4v) is 4.11. The summed E-state index contributed by atoms with van der Waals surface area (Å²) in [6.45, 7) is 1.31. The smallest absolute Gasteiger partial charge is 0.407 e. The van der Waals surface area contributed by atoms with Gasteiger partial charge < -0.3 is 26.0 Å². The summed E-state index contributed by atoms with van der Waals surface area (Å²) in [7, 11) is 0. The number of ether oxygens (including phenoxy) is 1. The Bertz CT molecular complexity index is 1110. The third-order valence-corrected chi connectivity index (χ3v) is 5.94. The van der Waals surface area contributed by atoms with E-state index >= 15 is 0 Å². The minimum atomic E-state index is -1.52. The second kappa shape index (κ2) is 8.98. The van der Waals surface area contributed by atoms with Crippen LogP contribution in [-0.4, -0.2) is 35.6 Å². The van der Waals surface area contributed by atoms with Gasteiger partial charge in [0.25, 0.3) is 0 Å². The Morgan fingerprint density at radius 3 is 2.28 bits per heavy atom. The van der Waals surface area contributed by atoms with Crippen molar-refractivity contribution < 1.29 is 24.1 Å². The number of nitrogens with two attached hydrogens (primary N) is 1. The zero-order valence-corrected chi connectivity index (χ0v) is 17.6. The molecule has 3 aromatic carbocycles. The summed E-state index contributed by atoms with van der Waals surface area (Å²) in [5, 5.41) is 23.0. The average Bonchev–Trinajstić information content (AvgIpc) is 3.13. The van der Waals surface area contributed by atoms with E-state index in [0.717, 1.165) is 22.3 Å². The topological polar surface area (TPSA) is 105 Å². The van der Waals surface area contributed by atoms with Gasteiger partial charge in [0.2, 0.25) is 0 Å². The number of alkyl carbamates (subject to hydrolysis) is 1. The third-order valence-electron chi connectivity index (χ3n) is 5.94. The Hall–Kier alpha value is -3.42. The molecule has 0 bridgehead atoms. The lowest BCUT2D eigenvalue weighted by Crippen LogP contribution is -2.36. The molecule has 2 atom stereocenters. The van der Waals surface area contributed by atoms with E-state index < -0.39 is 24.1 Å². The summed E-state index contributed by atoms with van der Waals surface area (Å²) in [5.41, 5.74) is 10.4. The highest BCUT2D eigenvalue weighted by atomic mass is 19.1. The van der Waals surface area contributed by atoms with Crippen molar-refractivity contribution in [1.82, 2.24) is 5.32 Å². The standard InChI is InChI=1S/C25H25FN2O4/c1-14-21(27)11-10-19(23(14)26)24(30)22(29)12-28-25(31)32-13-20-17-8-4-2-6-15(17)16-7-3-5-9-18(16)20/h2-11,20,22,24,29-30H,12-13,27H2,1H3,(H,28,31). The molecule has 7 heteroatoms. The maximum Gasteiger partial charge on any atom is 0.407 e. The first-order chi connectivity index (χ1) is 15.4. The minimum Gasteiger partial charge on any atom is -0.449 e. The van der Waals surface area contributed by atoms with Crippen LogP contribution in [0, 0.1) is 12.7 Å². The van der Waals surface area contributed by atoms with Gasteiger partial charge in [0, 0.05) is 29.3 Å². The molecule has 0 spiro atoms. The van der Waals surface area contributed by atoms with Crippen LogP contribution in [0.2, 0.25) is 0 Å². The number of rotatable bonds is 6. The number of aliphatic hydroxyl groups excluding tert-OH is 2. The molecule has 0 aromatic heterocycles. The first-order valence-electron chi connectivity index (χ1n) is 10.4. The first-order valence-corrected chi connectivity index (χ1v) is 10.4. The lowest BCUT2D eigenvalue weighted by Gasteiger charge is -2.20. The van der Waals surface area contributed by atoms with Gasteiger partial charge in [0.1, 0.15) is 24.6 Å². The van der Waals surface area contributed by atoms with E-state index in [0.29, 0.717) is 0 Å². The maximum absolute atomic E-state index is 14.3. The van der Waals surface area contributed by atoms with E-state index in [1.165, 1.54) is 19.1 Å². The molecule has 0 fully saturated rings. The zero-order valence-electron chi connectivity index (χ0n) is 17.6. The van der Waals surface area contributed by atoms with E-state index in [9.17, 15) is 19.4 Å². The second-order valence-corrected chi connectivity index (χ2v) is 7.90. The number of amides is 1. The van der Waals surface area contributed by atoms with Crippen molar-refractivity contribution >= 4 is 11.8 Å². The number of aliphatic hydroxyl groups is 2. The predicted octanol–water partition coefficient (Wildman–Crippen LogP) is 3.65. The molecule has 3 aromatic rings. The van der Waals surface area contributed by atoms with Gasteiger partial charge in [0.15, 0.2) is 0 Å². The van der Waals surface area contributed by atoms with Crippen LogP contribution in [0.3, 0.4) is 0 Å². The highest BCUT2D eigenvalue weighted by molar-refractivity contribution is 5.79. The number of anilines is 1. The van der Waals surface area contributed by atoms with E-state index in [1.54, 1.807) is 0 Å². The molecule has 5 N–H and O–H groups in total. The number of hydrogen-bond donors (Lipinski definition) is 4. The fraction of sp³-hybridized carbons (Fsp3) is 0.240. The third kappa shape index (κ3) is 4.04. The summed E-state index contributed by atoms with van der Waals surface area (Å²) in [5.74, 6) is -0.770. The second-order valence-electron chi connectivity index (χ2n) is 7.90. The first kappa shape index (κ1) is 21.8. The molecule has 166 valence electrons. The van der Waals surface area contributed by atoms with Gasteiger partial charge in [-0.05, 0) is 35.2 Å². The monoisotopic (exact) mass is 436 g/mol. The molecule has 0 heterocycles. The minimum absolute atomic E-state index is 0.0847. The van der Waals surface area contributed by atoms with E-state index in [4.69, 9.17) is 10.5 Å². The number of nitrogens with one attached hydrogen (secondary N) is 1. The summed E-state index contributed by atoms with van der Waals surface area (Å²) in [6, 6.07) is 18.8. The summed E-state index contributed by atoms with van der Waals surface area (Å²) in [6.07, 6.45) is -3.68. The van der Waals surface area contributed by atoms with Gasteiger partial charge >= 0.3 is 6.09 Å². The van der Waals surface area contributed by atoms with Gasteiger partial charge in [0.05, 0.1) is 0 Å². The number of fused-ring (bicyclic) bond motifs is 3. The van der Waals surface area contributed by atoms with Crippen LogP contribution in [0.15, 0.2) is 60.7 Å². The van der Waals surface area contributed by atoms with Crippen molar-refractivity contribution in [2.45, 2.75) is 25.0 Å². The largest absolute Gasteiger partial charge is 0.449 e. The molecule has 2 unspecified atom stereocenters. The molecule has 1 aliphatic rings. The quantitative estimate of drug-likeness (QED) is 0.442. The Balaban J connectivity index is 1.36. The van der Waals surface area contributed by atoms with Crippen LogP contribution in [0.25, 0.3) is 11.1 Å². The molecule has 0 radical (unpaired) electrons. The Labute approximate surface area is 185 Å². The molecular formula is C25H25FN2O4. The van der Waals surface area contributed by atoms with Crippen LogP contribution in [0.4, 0.5) is 14.9 Å². The van der Waals surface area contributed by atoms with E-state index in [1.807, 2.05) is 48.5 Å². The van der Waals surface area contributed by atoms with Crippen molar-refractivity contribution in [3.63, 3.8) is 0 Å². The molecule has 4 rings (SSSR count). The molecule has 0 aliphatic heterocycles. The zero-order chi connectivity index (χ0) is 22.8. The highest BCUT2D eigenvalue weighted by Crippen LogP contribution is 2.44. The molecule has 0 saturated carbocycles. The summed E-state index contributed by atoms with van der Waals surface area (Å²) < 4.78 is 19.7. The molecule has 1 aliphatic carbocycles. The van der Waals surface area contributed by atoms with Crippen LogP contribution in [0.5, 0.6) is 0 Å². The van der Waals surface area contributed by atoms with Crippen molar-refractivity contribution in [2.75, 3.05) is 18.9 Å². The van der Waals surface area contributed by atoms with E-state index in [-0.39, 0.29) is 35.9 Å².